The predicted octanol–water partition coefficient (Wildman–Crippen LogP) is 2.05. The molecule has 2 aliphatic rings. The Morgan fingerprint density at radius 2 is 1.82 bits per heavy atom. The molecular formula is C21H32N4O3. The molecule has 3 rings (SSSR count). The van der Waals surface area contributed by atoms with Crippen LogP contribution in [0.2, 0.25) is 0 Å². The van der Waals surface area contributed by atoms with Crippen LogP contribution in [-0.4, -0.2) is 59.5 Å². The second kappa shape index (κ2) is 9.45. The van der Waals surface area contributed by atoms with Gasteiger partial charge in [0, 0.05) is 49.1 Å². The maximum absolute atomic E-state index is 12.4. The van der Waals surface area contributed by atoms with E-state index in [0.717, 1.165) is 48.6 Å². The minimum Gasteiger partial charge on any atom is -0.384 e. The van der Waals surface area contributed by atoms with Crippen molar-refractivity contribution in [3.63, 3.8) is 0 Å². The van der Waals surface area contributed by atoms with Crippen molar-refractivity contribution in [2.24, 2.45) is 0 Å². The molecule has 2 fully saturated rings. The summed E-state index contributed by atoms with van der Waals surface area (Å²) in [5.41, 5.74) is 2.66. The van der Waals surface area contributed by atoms with Gasteiger partial charge in [0.1, 0.15) is 5.82 Å². The molecule has 1 aliphatic heterocycles. The van der Waals surface area contributed by atoms with E-state index in [9.17, 15) is 9.59 Å². The normalized spacial score (nSPS) is 20.0. The molecular weight excluding hydrogens is 356 g/mol. The Kier molecular flexibility index (Phi) is 6.99. The highest BCUT2D eigenvalue weighted by atomic mass is 16.5. The minimum absolute atomic E-state index is 0.0604. The van der Waals surface area contributed by atoms with E-state index in [4.69, 9.17) is 14.7 Å². The molecule has 28 heavy (non-hydrogen) atoms. The number of carbonyl (C=O) groups excluding carboxylic acids is 2. The van der Waals surface area contributed by atoms with Gasteiger partial charge >= 0.3 is 0 Å². The number of carbonyl (C=O) groups is 2. The number of nitrogens with one attached hydrogen (secondary N) is 1. The molecule has 1 N–H and O–H groups in total. The lowest BCUT2D eigenvalue weighted by Gasteiger charge is -2.17. The molecule has 1 aromatic rings. The maximum Gasteiger partial charge on any atom is 0.224 e. The molecule has 1 aromatic heterocycles. The predicted molar refractivity (Wildman–Crippen MR) is 106 cm³/mol. The molecule has 1 atom stereocenters. The Bertz CT molecular complexity index is 693. The Hall–Kier alpha value is -2.02. The van der Waals surface area contributed by atoms with Gasteiger partial charge in [-0.3, -0.25) is 9.59 Å². The Morgan fingerprint density at radius 3 is 2.46 bits per heavy atom. The first-order valence-corrected chi connectivity index (χ1v) is 10.4. The van der Waals surface area contributed by atoms with E-state index in [1.807, 2.05) is 18.7 Å². The van der Waals surface area contributed by atoms with Crippen molar-refractivity contribution in [1.29, 1.82) is 0 Å². The number of ether oxygens (including phenoxy) is 1. The van der Waals surface area contributed by atoms with E-state index in [1.54, 1.807) is 7.11 Å². The lowest BCUT2D eigenvalue weighted by Crippen LogP contribution is -2.34. The summed E-state index contributed by atoms with van der Waals surface area (Å²) in [5.74, 6) is 1.13. The molecule has 0 aromatic carbocycles. The van der Waals surface area contributed by atoms with Crippen LogP contribution in [0.3, 0.4) is 0 Å². The highest BCUT2D eigenvalue weighted by Crippen LogP contribution is 2.27. The average molecular weight is 389 g/mol. The first kappa shape index (κ1) is 20.7. The van der Waals surface area contributed by atoms with Crippen LogP contribution in [0.1, 0.15) is 67.2 Å². The summed E-state index contributed by atoms with van der Waals surface area (Å²) < 4.78 is 5.00. The van der Waals surface area contributed by atoms with Gasteiger partial charge in [-0.25, -0.2) is 9.97 Å². The standard InChI is InChI=1S/C21H32N4O3/c1-14-18(12-19(26)24-17-6-4-5-7-17)15(2)23-21(22-14)16-8-10-25(13-16)20(27)9-11-28-3/h16-17H,4-13H2,1-3H3,(H,24,26)/t16-/m0/s1. The number of hydrogen-bond donors (Lipinski definition) is 1. The van der Waals surface area contributed by atoms with Crippen LogP contribution in [0.15, 0.2) is 0 Å². The molecule has 1 saturated carbocycles. The molecule has 0 radical (unpaired) electrons. The summed E-state index contributed by atoms with van der Waals surface area (Å²) >= 11 is 0. The monoisotopic (exact) mass is 388 g/mol. The van der Waals surface area contributed by atoms with E-state index in [0.29, 0.717) is 32.0 Å². The number of rotatable bonds is 7. The van der Waals surface area contributed by atoms with E-state index < -0.39 is 0 Å². The lowest BCUT2D eigenvalue weighted by molar-refractivity contribution is -0.131. The molecule has 7 heteroatoms. The van der Waals surface area contributed by atoms with Crippen LogP contribution in [-0.2, 0) is 20.7 Å². The second-order valence-corrected chi connectivity index (χ2v) is 8.03. The highest BCUT2D eigenvalue weighted by molar-refractivity contribution is 5.79. The number of likely N-dealkylation sites (tertiary alicyclic amines) is 1. The van der Waals surface area contributed by atoms with E-state index in [2.05, 4.69) is 5.32 Å². The van der Waals surface area contributed by atoms with Gasteiger partial charge in [0.05, 0.1) is 19.4 Å². The third-order valence-electron chi connectivity index (χ3n) is 5.92. The van der Waals surface area contributed by atoms with Crippen LogP contribution >= 0.6 is 0 Å². The van der Waals surface area contributed by atoms with Gasteiger partial charge in [-0.15, -0.1) is 0 Å². The molecule has 2 amide bonds. The molecule has 2 heterocycles. The van der Waals surface area contributed by atoms with Gasteiger partial charge in [-0.2, -0.15) is 0 Å². The van der Waals surface area contributed by atoms with Gasteiger partial charge in [-0.1, -0.05) is 12.8 Å². The fraction of sp³-hybridized carbons (Fsp3) is 0.714. The van der Waals surface area contributed by atoms with Gasteiger partial charge in [0.15, 0.2) is 0 Å². The maximum atomic E-state index is 12.4. The van der Waals surface area contributed by atoms with Gasteiger partial charge in [0.2, 0.25) is 11.8 Å². The smallest absolute Gasteiger partial charge is 0.224 e. The summed E-state index contributed by atoms with van der Waals surface area (Å²) in [7, 11) is 1.61. The van der Waals surface area contributed by atoms with Gasteiger partial charge in [-0.05, 0) is 33.1 Å². The minimum atomic E-state index is 0.0604. The second-order valence-electron chi connectivity index (χ2n) is 8.03. The largest absolute Gasteiger partial charge is 0.384 e. The van der Waals surface area contributed by atoms with Gasteiger partial charge in [0.25, 0.3) is 0 Å². The third-order valence-corrected chi connectivity index (χ3v) is 5.92. The van der Waals surface area contributed by atoms with Crippen molar-refractivity contribution in [1.82, 2.24) is 20.2 Å². The first-order chi connectivity index (χ1) is 13.5. The van der Waals surface area contributed by atoms with Crippen molar-refractivity contribution in [2.75, 3.05) is 26.8 Å². The van der Waals surface area contributed by atoms with Crippen molar-refractivity contribution in [2.45, 2.75) is 70.8 Å². The van der Waals surface area contributed by atoms with E-state index in [1.165, 1.54) is 12.8 Å². The number of methoxy groups -OCH3 is 1. The van der Waals surface area contributed by atoms with Crippen LogP contribution in [0.25, 0.3) is 0 Å². The summed E-state index contributed by atoms with van der Waals surface area (Å²) in [4.78, 5) is 35.9. The number of amides is 2. The number of aromatic nitrogens is 2. The summed E-state index contributed by atoms with van der Waals surface area (Å²) in [6.07, 6.45) is 6.19. The van der Waals surface area contributed by atoms with E-state index in [-0.39, 0.29) is 17.7 Å². The zero-order valence-corrected chi connectivity index (χ0v) is 17.3. The highest BCUT2D eigenvalue weighted by Gasteiger charge is 2.29. The number of nitrogens with zero attached hydrogens (tertiary/aromatic N) is 3. The zero-order chi connectivity index (χ0) is 20.1. The molecule has 0 unspecified atom stereocenters. The summed E-state index contributed by atoms with van der Waals surface area (Å²) in [6.45, 7) is 5.75. The quantitative estimate of drug-likeness (QED) is 0.773. The Labute approximate surface area is 167 Å². The fourth-order valence-corrected chi connectivity index (χ4v) is 4.26. The molecule has 1 aliphatic carbocycles. The Balaban J connectivity index is 1.61. The molecule has 0 bridgehead atoms. The summed E-state index contributed by atoms with van der Waals surface area (Å²) in [5, 5.41) is 3.14. The van der Waals surface area contributed by atoms with Gasteiger partial charge < -0.3 is 15.0 Å². The summed E-state index contributed by atoms with van der Waals surface area (Å²) in [6, 6.07) is 0.327. The number of aryl methyl sites for hydroxylation is 2. The zero-order valence-electron chi connectivity index (χ0n) is 17.3. The first-order valence-electron chi connectivity index (χ1n) is 10.4. The third kappa shape index (κ3) is 5.07. The van der Waals surface area contributed by atoms with E-state index >= 15 is 0 Å². The van der Waals surface area contributed by atoms with Crippen LogP contribution < -0.4 is 5.32 Å². The lowest BCUT2D eigenvalue weighted by atomic mass is 10.0. The van der Waals surface area contributed by atoms with Crippen LogP contribution in [0.4, 0.5) is 0 Å². The fourth-order valence-electron chi connectivity index (χ4n) is 4.26. The molecule has 7 nitrogen and oxygen atoms in total. The molecule has 154 valence electrons. The van der Waals surface area contributed by atoms with Crippen molar-refractivity contribution < 1.29 is 14.3 Å². The Morgan fingerprint density at radius 1 is 1.14 bits per heavy atom. The van der Waals surface area contributed by atoms with Crippen molar-refractivity contribution >= 4 is 11.8 Å². The topological polar surface area (TPSA) is 84.4 Å². The van der Waals surface area contributed by atoms with Crippen molar-refractivity contribution in [3.8, 4) is 0 Å². The van der Waals surface area contributed by atoms with Crippen LogP contribution in [0.5, 0.6) is 0 Å². The molecule has 1 saturated heterocycles. The average Bonchev–Trinajstić information content (AvgIpc) is 3.34. The number of hydrogen-bond acceptors (Lipinski definition) is 5. The SMILES string of the molecule is COCCC(=O)N1CC[C@H](c2nc(C)c(CC(=O)NC3CCCC3)c(C)n2)C1. The molecule has 0 spiro atoms. The van der Waals surface area contributed by atoms with Crippen molar-refractivity contribution in [3.05, 3.63) is 22.8 Å². The van der Waals surface area contributed by atoms with Crippen LogP contribution in [0, 0.1) is 13.8 Å².